The molecule has 0 aliphatic heterocycles. The molecule has 2 aromatic heterocycles. The molecule has 0 aliphatic carbocycles. The topological polar surface area (TPSA) is 73.1 Å². The Bertz CT molecular complexity index is 1030. The monoisotopic (exact) mass is 363 g/mol. The normalized spacial score (nSPS) is 10.9. The lowest BCUT2D eigenvalue weighted by atomic mass is 10.3. The number of thiophene rings is 1. The zero-order chi connectivity index (χ0) is 17.3. The molecule has 0 saturated carbocycles. The van der Waals surface area contributed by atoms with Gasteiger partial charge in [-0.1, -0.05) is 23.7 Å². The van der Waals surface area contributed by atoms with Crippen molar-refractivity contribution in [2.45, 2.75) is 20.0 Å². The first-order valence-corrected chi connectivity index (χ1v) is 8.54. The van der Waals surface area contributed by atoms with Crippen LogP contribution in [0.2, 0.25) is 5.02 Å². The zero-order valence-electron chi connectivity index (χ0n) is 12.8. The first-order chi connectivity index (χ1) is 11.5. The van der Waals surface area contributed by atoms with Gasteiger partial charge in [-0.05, 0) is 30.5 Å². The van der Waals surface area contributed by atoms with Crippen molar-refractivity contribution in [3.8, 4) is 0 Å². The number of hydrogen-bond donors (Lipinski definition) is 1. The number of anilines is 1. The van der Waals surface area contributed by atoms with Crippen LogP contribution in [-0.2, 0) is 17.9 Å². The summed E-state index contributed by atoms with van der Waals surface area (Å²) in [5, 5.41) is 4.82. The van der Waals surface area contributed by atoms with Gasteiger partial charge in [0.1, 0.15) is 11.2 Å². The van der Waals surface area contributed by atoms with Crippen LogP contribution in [0, 0.1) is 0 Å². The summed E-state index contributed by atoms with van der Waals surface area (Å²) in [6, 6.07) is 8.52. The van der Waals surface area contributed by atoms with Gasteiger partial charge in [-0.3, -0.25) is 18.7 Å². The second-order valence-corrected chi connectivity index (χ2v) is 6.40. The van der Waals surface area contributed by atoms with E-state index in [1.165, 1.54) is 15.9 Å². The molecule has 6 nitrogen and oxygen atoms in total. The first-order valence-electron chi connectivity index (χ1n) is 7.28. The fourth-order valence-electron chi connectivity index (χ4n) is 2.46. The number of fused-ring (bicyclic) bond motifs is 1. The molecule has 0 aliphatic rings. The van der Waals surface area contributed by atoms with E-state index >= 15 is 0 Å². The number of hydrogen-bond acceptors (Lipinski definition) is 4. The van der Waals surface area contributed by atoms with Gasteiger partial charge in [0.2, 0.25) is 5.91 Å². The number of nitrogens with one attached hydrogen (secondary N) is 1. The van der Waals surface area contributed by atoms with Crippen molar-refractivity contribution in [2.24, 2.45) is 0 Å². The second kappa shape index (κ2) is 6.62. The minimum Gasteiger partial charge on any atom is -0.323 e. The van der Waals surface area contributed by atoms with E-state index in [-0.39, 0.29) is 24.6 Å². The molecule has 0 saturated heterocycles. The predicted octanol–water partition coefficient (Wildman–Crippen LogP) is 2.54. The van der Waals surface area contributed by atoms with Crippen LogP contribution in [0.1, 0.15) is 6.92 Å². The number of carbonyl (C=O) groups is 1. The van der Waals surface area contributed by atoms with Gasteiger partial charge in [-0.25, -0.2) is 4.79 Å². The lowest BCUT2D eigenvalue weighted by molar-refractivity contribution is -0.116. The number of rotatable bonds is 4. The third kappa shape index (κ3) is 2.88. The Morgan fingerprint density at radius 2 is 1.96 bits per heavy atom. The van der Waals surface area contributed by atoms with Crippen LogP contribution < -0.4 is 16.6 Å². The predicted molar refractivity (Wildman–Crippen MR) is 96.1 cm³/mol. The van der Waals surface area contributed by atoms with E-state index in [2.05, 4.69) is 5.32 Å². The number of carbonyl (C=O) groups excluding carboxylic acids is 1. The van der Waals surface area contributed by atoms with Gasteiger partial charge in [-0.2, -0.15) is 0 Å². The van der Waals surface area contributed by atoms with E-state index in [1.807, 2.05) is 0 Å². The van der Waals surface area contributed by atoms with Gasteiger partial charge in [0.05, 0.1) is 16.2 Å². The summed E-state index contributed by atoms with van der Waals surface area (Å²) in [7, 11) is 0. The summed E-state index contributed by atoms with van der Waals surface area (Å²) in [5.41, 5.74) is 0.120. The zero-order valence-corrected chi connectivity index (χ0v) is 14.4. The summed E-state index contributed by atoms with van der Waals surface area (Å²) in [6.45, 7) is 1.77. The Kier molecular flexibility index (Phi) is 4.55. The molecule has 0 unspecified atom stereocenters. The number of halogens is 1. The summed E-state index contributed by atoms with van der Waals surface area (Å²) in [5.74, 6) is -0.390. The summed E-state index contributed by atoms with van der Waals surface area (Å²) < 4.78 is 2.90. The van der Waals surface area contributed by atoms with Crippen LogP contribution >= 0.6 is 22.9 Å². The Morgan fingerprint density at radius 3 is 2.67 bits per heavy atom. The highest BCUT2D eigenvalue weighted by molar-refractivity contribution is 7.17. The molecule has 124 valence electrons. The Hall–Kier alpha value is -2.38. The summed E-state index contributed by atoms with van der Waals surface area (Å²) >= 11 is 7.28. The highest BCUT2D eigenvalue weighted by Crippen LogP contribution is 2.20. The van der Waals surface area contributed by atoms with E-state index in [0.29, 0.717) is 20.9 Å². The van der Waals surface area contributed by atoms with E-state index in [1.54, 1.807) is 42.6 Å². The van der Waals surface area contributed by atoms with Gasteiger partial charge < -0.3 is 5.32 Å². The fraction of sp³-hybridized carbons (Fsp3) is 0.188. The number of nitrogens with zero attached hydrogens (tertiary/aromatic N) is 2. The smallest absolute Gasteiger partial charge is 0.323 e. The average Bonchev–Trinajstić information content (AvgIpc) is 3.04. The van der Waals surface area contributed by atoms with Gasteiger partial charge in [0, 0.05) is 6.54 Å². The Balaban J connectivity index is 2.00. The molecule has 3 rings (SSSR count). The maximum atomic E-state index is 12.5. The van der Waals surface area contributed by atoms with E-state index < -0.39 is 5.69 Å². The highest BCUT2D eigenvalue weighted by atomic mass is 35.5. The molecule has 0 bridgehead atoms. The molecule has 1 aromatic carbocycles. The van der Waals surface area contributed by atoms with Crippen LogP contribution in [0.3, 0.4) is 0 Å². The molecule has 1 N–H and O–H groups in total. The fourth-order valence-corrected chi connectivity index (χ4v) is 3.49. The number of benzene rings is 1. The second-order valence-electron chi connectivity index (χ2n) is 5.08. The van der Waals surface area contributed by atoms with E-state index in [9.17, 15) is 14.4 Å². The Morgan fingerprint density at radius 1 is 1.21 bits per heavy atom. The number of aromatic nitrogens is 2. The molecule has 3 aromatic rings. The summed E-state index contributed by atoms with van der Waals surface area (Å²) in [6.07, 6.45) is 0. The van der Waals surface area contributed by atoms with Crippen molar-refractivity contribution in [3.05, 3.63) is 61.6 Å². The van der Waals surface area contributed by atoms with Crippen molar-refractivity contribution in [1.29, 1.82) is 0 Å². The highest BCUT2D eigenvalue weighted by Gasteiger charge is 2.16. The third-order valence-electron chi connectivity index (χ3n) is 3.60. The van der Waals surface area contributed by atoms with Crippen molar-refractivity contribution in [3.63, 3.8) is 0 Å². The minimum atomic E-state index is -0.497. The number of para-hydroxylation sites is 1. The molecular formula is C16H14ClN3O3S. The van der Waals surface area contributed by atoms with Crippen LogP contribution in [0.15, 0.2) is 45.3 Å². The summed E-state index contributed by atoms with van der Waals surface area (Å²) in [4.78, 5) is 37.1. The molecule has 0 spiro atoms. The van der Waals surface area contributed by atoms with Gasteiger partial charge >= 0.3 is 5.69 Å². The standard InChI is InChI=1S/C16H14ClN3O3S/c1-2-19-15(22)14-12(7-8-24-14)20(16(19)23)9-13(21)18-11-6-4-3-5-10(11)17/h3-8H,2,9H2,1H3,(H,18,21). The molecule has 0 atom stereocenters. The van der Waals surface area contributed by atoms with Crippen LogP contribution in [-0.4, -0.2) is 15.0 Å². The molecule has 24 heavy (non-hydrogen) atoms. The maximum Gasteiger partial charge on any atom is 0.331 e. The average molecular weight is 364 g/mol. The van der Waals surface area contributed by atoms with Crippen molar-refractivity contribution in [2.75, 3.05) is 5.32 Å². The Labute approximate surface area is 145 Å². The first kappa shape index (κ1) is 16.5. The van der Waals surface area contributed by atoms with Gasteiger partial charge in [-0.15, -0.1) is 11.3 Å². The molecule has 8 heteroatoms. The molecule has 1 amide bonds. The van der Waals surface area contributed by atoms with Gasteiger partial charge in [0.25, 0.3) is 5.56 Å². The van der Waals surface area contributed by atoms with Crippen molar-refractivity contribution < 1.29 is 4.79 Å². The van der Waals surface area contributed by atoms with Crippen LogP contribution in [0.25, 0.3) is 10.2 Å². The number of amides is 1. The van der Waals surface area contributed by atoms with Crippen LogP contribution in [0.4, 0.5) is 5.69 Å². The largest absolute Gasteiger partial charge is 0.331 e. The van der Waals surface area contributed by atoms with E-state index in [0.717, 1.165) is 4.57 Å². The quantitative estimate of drug-likeness (QED) is 0.774. The lowest BCUT2D eigenvalue weighted by Crippen LogP contribution is -2.40. The molecule has 0 fully saturated rings. The molecule has 2 heterocycles. The minimum absolute atomic E-state index is 0.197. The van der Waals surface area contributed by atoms with Gasteiger partial charge in [0.15, 0.2) is 0 Å². The molecule has 0 radical (unpaired) electrons. The van der Waals surface area contributed by atoms with Crippen LogP contribution in [0.5, 0.6) is 0 Å². The van der Waals surface area contributed by atoms with Crippen molar-refractivity contribution >= 4 is 44.7 Å². The third-order valence-corrected chi connectivity index (χ3v) is 4.82. The van der Waals surface area contributed by atoms with Crippen molar-refractivity contribution in [1.82, 2.24) is 9.13 Å². The molecular weight excluding hydrogens is 350 g/mol. The maximum absolute atomic E-state index is 12.5. The SMILES string of the molecule is CCn1c(=O)c2sccc2n(CC(=O)Nc2ccccc2Cl)c1=O. The lowest BCUT2D eigenvalue weighted by Gasteiger charge is -2.12. The van der Waals surface area contributed by atoms with E-state index in [4.69, 9.17) is 11.6 Å².